The molecule has 0 spiro atoms. The van der Waals surface area contributed by atoms with Crippen molar-refractivity contribution in [3.8, 4) is 0 Å². The van der Waals surface area contributed by atoms with Gasteiger partial charge in [0.25, 0.3) is 0 Å². The molecule has 0 aliphatic heterocycles. The molecule has 0 aromatic rings. The van der Waals surface area contributed by atoms with Crippen molar-refractivity contribution in [2.24, 2.45) is 5.92 Å². The van der Waals surface area contributed by atoms with Crippen LogP contribution in [0.1, 0.15) is 58.8 Å². The molecule has 1 rings (SSSR count). The van der Waals surface area contributed by atoms with Gasteiger partial charge >= 0.3 is 5.97 Å². The molecule has 5 heteroatoms. The molecule has 1 aliphatic rings. The van der Waals surface area contributed by atoms with Crippen LogP contribution in [0.15, 0.2) is 0 Å². The summed E-state index contributed by atoms with van der Waals surface area (Å²) in [7, 11) is 0. The largest absolute Gasteiger partial charge is 0.481 e. The Morgan fingerprint density at radius 3 is 2.70 bits per heavy atom. The number of nitrogens with one attached hydrogen (secondary N) is 2. The maximum atomic E-state index is 11.9. The average molecular weight is 284 g/mol. The van der Waals surface area contributed by atoms with Crippen LogP contribution in [0, 0.1) is 5.92 Å². The average Bonchev–Trinajstić information content (AvgIpc) is 2.43. The van der Waals surface area contributed by atoms with E-state index in [2.05, 4.69) is 17.6 Å². The van der Waals surface area contributed by atoms with Crippen molar-refractivity contribution in [3.05, 3.63) is 0 Å². The molecule has 0 aromatic carbocycles. The van der Waals surface area contributed by atoms with Crippen molar-refractivity contribution in [2.45, 2.75) is 70.9 Å². The minimum atomic E-state index is -0.715. The van der Waals surface area contributed by atoms with Gasteiger partial charge in [-0.15, -0.1) is 0 Å². The van der Waals surface area contributed by atoms with Gasteiger partial charge in [-0.1, -0.05) is 26.2 Å². The van der Waals surface area contributed by atoms with Crippen molar-refractivity contribution in [1.82, 2.24) is 10.6 Å². The summed E-state index contributed by atoms with van der Waals surface area (Å²) in [5, 5.41) is 15.3. The smallest absolute Gasteiger partial charge is 0.306 e. The molecule has 0 radical (unpaired) electrons. The van der Waals surface area contributed by atoms with Gasteiger partial charge in [-0.05, 0) is 32.6 Å². The van der Waals surface area contributed by atoms with Gasteiger partial charge in [0.1, 0.15) is 0 Å². The molecule has 1 fully saturated rings. The third kappa shape index (κ3) is 5.90. The van der Waals surface area contributed by atoms with Gasteiger partial charge < -0.3 is 15.7 Å². The standard InChI is InChI=1S/C15H28N2O3/c1-3-4-5-9-16-14(18)11(2)17-13-8-6-7-12(10-13)15(19)20/h11-13,17H,3-10H2,1-2H3,(H,16,18)(H,19,20). The molecule has 0 aromatic heterocycles. The number of hydrogen-bond donors (Lipinski definition) is 3. The van der Waals surface area contributed by atoms with Gasteiger partial charge in [-0.25, -0.2) is 0 Å². The normalized spacial score (nSPS) is 24.1. The number of carboxylic acids is 1. The lowest BCUT2D eigenvalue weighted by molar-refractivity contribution is -0.143. The summed E-state index contributed by atoms with van der Waals surface area (Å²) in [5.41, 5.74) is 0. The predicted molar refractivity (Wildman–Crippen MR) is 78.5 cm³/mol. The summed E-state index contributed by atoms with van der Waals surface area (Å²) >= 11 is 0. The second-order valence-electron chi connectivity index (χ2n) is 5.79. The summed E-state index contributed by atoms with van der Waals surface area (Å²) in [4.78, 5) is 22.9. The Kier molecular flexibility index (Phi) is 7.59. The first-order chi connectivity index (χ1) is 9.54. The van der Waals surface area contributed by atoms with Crippen molar-refractivity contribution in [3.63, 3.8) is 0 Å². The summed E-state index contributed by atoms with van der Waals surface area (Å²) in [5.74, 6) is -0.965. The summed E-state index contributed by atoms with van der Waals surface area (Å²) in [6.45, 7) is 4.70. The number of carbonyl (C=O) groups excluding carboxylic acids is 1. The van der Waals surface area contributed by atoms with Crippen LogP contribution >= 0.6 is 0 Å². The van der Waals surface area contributed by atoms with Crippen LogP contribution in [0.25, 0.3) is 0 Å². The van der Waals surface area contributed by atoms with E-state index in [1.165, 1.54) is 0 Å². The van der Waals surface area contributed by atoms with Gasteiger partial charge in [0.2, 0.25) is 5.91 Å². The van der Waals surface area contributed by atoms with Gasteiger partial charge in [0.05, 0.1) is 12.0 Å². The van der Waals surface area contributed by atoms with Crippen molar-refractivity contribution in [1.29, 1.82) is 0 Å². The quantitative estimate of drug-likeness (QED) is 0.595. The first-order valence-electron chi connectivity index (χ1n) is 7.81. The number of carboxylic acid groups (broad SMARTS) is 1. The highest BCUT2D eigenvalue weighted by atomic mass is 16.4. The molecular formula is C15H28N2O3. The van der Waals surface area contributed by atoms with Crippen LogP contribution in [0.2, 0.25) is 0 Å². The maximum absolute atomic E-state index is 11.9. The number of hydrogen-bond acceptors (Lipinski definition) is 3. The first kappa shape index (κ1) is 17.0. The molecule has 3 N–H and O–H groups in total. The SMILES string of the molecule is CCCCCNC(=O)C(C)NC1CCCC(C(=O)O)C1. The fourth-order valence-corrected chi connectivity index (χ4v) is 2.73. The fraction of sp³-hybridized carbons (Fsp3) is 0.867. The summed E-state index contributed by atoms with van der Waals surface area (Å²) < 4.78 is 0. The van der Waals surface area contributed by atoms with E-state index in [4.69, 9.17) is 5.11 Å². The van der Waals surface area contributed by atoms with Crippen molar-refractivity contribution in [2.75, 3.05) is 6.54 Å². The van der Waals surface area contributed by atoms with Crippen molar-refractivity contribution < 1.29 is 14.7 Å². The summed E-state index contributed by atoms with van der Waals surface area (Å²) in [6, 6.07) is -0.115. The molecule has 0 bridgehead atoms. The zero-order valence-corrected chi connectivity index (χ0v) is 12.7. The lowest BCUT2D eigenvalue weighted by atomic mass is 9.85. The van der Waals surface area contributed by atoms with E-state index in [9.17, 15) is 9.59 Å². The molecular weight excluding hydrogens is 256 g/mol. The van der Waals surface area contributed by atoms with E-state index in [1.54, 1.807) is 0 Å². The molecule has 3 unspecified atom stereocenters. The second kappa shape index (κ2) is 8.95. The fourth-order valence-electron chi connectivity index (χ4n) is 2.73. The highest BCUT2D eigenvalue weighted by Crippen LogP contribution is 2.24. The molecule has 0 heterocycles. The van der Waals surface area contributed by atoms with E-state index in [0.29, 0.717) is 6.42 Å². The lowest BCUT2D eigenvalue weighted by Gasteiger charge is -2.29. The van der Waals surface area contributed by atoms with Crippen LogP contribution in [-0.4, -0.2) is 35.6 Å². The zero-order chi connectivity index (χ0) is 15.0. The van der Waals surface area contributed by atoms with E-state index in [-0.39, 0.29) is 23.9 Å². The Labute approximate surface area is 121 Å². The van der Waals surface area contributed by atoms with E-state index >= 15 is 0 Å². The molecule has 0 saturated heterocycles. The van der Waals surface area contributed by atoms with Gasteiger partial charge in [0.15, 0.2) is 0 Å². The van der Waals surface area contributed by atoms with Crippen LogP contribution in [-0.2, 0) is 9.59 Å². The number of unbranched alkanes of at least 4 members (excludes halogenated alkanes) is 2. The Balaban J connectivity index is 2.28. The van der Waals surface area contributed by atoms with Crippen LogP contribution in [0.5, 0.6) is 0 Å². The van der Waals surface area contributed by atoms with Gasteiger partial charge in [-0.3, -0.25) is 9.59 Å². The monoisotopic (exact) mass is 284 g/mol. The molecule has 1 amide bonds. The Bertz CT molecular complexity index is 320. The van der Waals surface area contributed by atoms with Crippen LogP contribution in [0.3, 0.4) is 0 Å². The van der Waals surface area contributed by atoms with Crippen LogP contribution < -0.4 is 10.6 Å². The third-order valence-corrected chi connectivity index (χ3v) is 3.98. The Hall–Kier alpha value is -1.10. The molecule has 1 aliphatic carbocycles. The predicted octanol–water partition coefficient (Wildman–Crippen LogP) is 1.91. The molecule has 20 heavy (non-hydrogen) atoms. The zero-order valence-electron chi connectivity index (χ0n) is 12.7. The van der Waals surface area contributed by atoms with Gasteiger partial charge in [0, 0.05) is 12.6 Å². The van der Waals surface area contributed by atoms with Gasteiger partial charge in [-0.2, -0.15) is 0 Å². The lowest BCUT2D eigenvalue weighted by Crippen LogP contribution is -2.48. The van der Waals surface area contributed by atoms with Crippen LogP contribution in [0.4, 0.5) is 0 Å². The molecule has 1 saturated carbocycles. The number of aliphatic carboxylic acids is 1. The minimum absolute atomic E-state index is 0.0125. The molecule has 5 nitrogen and oxygen atoms in total. The van der Waals surface area contributed by atoms with E-state index < -0.39 is 5.97 Å². The van der Waals surface area contributed by atoms with E-state index in [1.807, 2.05) is 6.92 Å². The highest BCUT2D eigenvalue weighted by molar-refractivity contribution is 5.81. The first-order valence-corrected chi connectivity index (χ1v) is 7.81. The maximum Gasteiger partial charge on any atom is 0.306 e. The minimum Gasteiger partial charge on any atom is -0.481 e. The number of carbonyl (C=O) groups is 2. The number of rotatable bonds is 8. The Morgan fingerprint density at radius 1 is 1.30 bits per heavy atom. The van der Waals surface area contributed by atoms with E-state index in [0.717, 1.165) is 45.1 Å². The topological polar surface area (TPSA) is 78.4 Å². The summed E-state index contributed by atoms with van der Waals surface area (Å²) in [6.07, 6.45) is 6.54. The Morgan fingerprint density at radius 2 is 2.05 bits per heavy atom. The van der Waals surface area contributed by atoms with Crippen molar-refractivity contribution >= 4 is 11.9 Å². The molecule has 3 atom stereocenters. The number of amides is 1. The third-order valence-electron chi connectivity index (χ3n) is 3.98. The highest BCUT2D eigenvalue weighted by Gasteiger charge is 2.28. The second-order valence-corrected chi connectivity index (χ2v) is 5.79. The molecule has 116 valence electrons.